The minimum absolute atomic E-state index is 0.543. The van der Waals surface area contributed by atoms with Gasteiger partial charge in [-0.05, 0) is 19.8 Å². The summed E-state index contributed by atoms with van der Waals surface area (Å²) in [5, 5.41) is 7.78. The monoisotopic (exact) mass is 138 g/mol. The number of hydrogen-bond donors (Lipinski definition) is 1. The Kier molecular flexibility index (Phi) is 0.977. The minimum Gasteiger partial charge on any atom is -0.382 e. The van der Waals surface area contributed by atoms with Gasteiger partial charge < -0.3 is 5.73 Å². The van der Waals surface area contributed by atoms with E-state index in [1.54, 1.807) is 0 Å². The summed E-state index contributed by atoms with van der Waals surface area (Å²) in [4.78, 5) is 0. The van der Waals surface area contributed by atoms with E-state index < -0.39 is 0 Å². The first-order valence-electron chi connectivity index (χ1n) is 3.46. The zero-order chi connectivity index (χ0) is 7.14. The molecule has 0 spiro atoms. The molecule has 1 aromatic heterocycles. The summed E-state index contributed by atoms with van der Waals surface area (Å²) in [7, 11) is 0. The van der Waals surface area contributed by atoms with Crippen molar-refractivity contribution in [2.24, 2.45) is 0 Å². The van der Waals surface area contributed by atoms with Crippen LogP contribution >= 0.6 is 0 Å². The predicted octanol–water partition coefficient (Wildman–Crippen LogP) is 0.504. The van der Waals surface area contributed by atoms with Crippen LogP contribution in [0.4, 0.5) is 5.82 Å². The molecule has 0 atom stereocenters. The molecule has 1 aliphatic carbocycles. The summed E-state index contributed by atoms with van der Waals surface area (Å²) in [5.74, 6) is 0.725. The lowest BCUT2D eigenvalue weighted by Crippen LogP contribution is -2.02. The van der Waals surface area contributed by atoms with Crippen LogP contribution in [0.15, 0.2) is 0 Å². The number of nitrogens with zero attached hydrogens (tertiary/aromatic N) is 3. The van der Waals surface area contributed by atoms with Gasteiger partial charge in [0.2, 0.25) is 0 Å². The quantitative estimate of drug-likeness (QED) is 0.615. The second-order valence-electron chi connectivity index (χ2n) is 2.74. The number of anilines is 1. The van der Waals surface area contributed by atoms with Crippen molar-refractivity contribution in [2.75, 3.05) is 5.73 Å². The average Bonchev–Trinajstić information content (AvgIpc) is 2.67. The molecule has 1 saturated carbocycles. The van der Waals surface area contributed by atoms with Gasteiger partial charge in [-0.2, -0.15) is 0 Å². The fourth-order valence-electron chi connectivity index (χ4n) is 0.969. The van der Waals surface area contributed by atoms with Crippen LogP contribution in [0, 0.1) is 6.92 Å². The maximum absolute atomic E-state index is 5.68. The van der Waals surface area contributed by atoms with Crippen molar-refractivity contribution in [3.63, 3.8) is 0 Å². The van der Waals surface area contributed by atoms with Gasteiger partial charge >= 0.3 is 0 Å². The second kappa shape index (κ2) is 1.71. The van der Waals surface area contributed by atoms with Crippen molar-refractivity contribution in [3.8, 4) is 0 Å². The van der Waals surface area contributed by atoms with Gasteiger partial charge in [-0.1, -0.05) is 5.21 Å². The molecule has 4 heteroatoms. The van der Waals surface area contributed by atoms with Gasteiger partial charge in [-0.25, -0.2) is 4.68 Å². The van der Waals surface area contributed by atoms with Crippen LogP contribution in [0.5, 0.6) is 0 Å². The third kappa shape index (κ3) is 0.683. The van der Waals surface area contributed by atoms with Crippen molar-refractivity contribution in [1.29, 1.82) is 0 Å². The zero-order valence-corrected chi connectivity index (χ0v) is 5.91. The summed E-state index contributed by atoms with van der Waals surface area (Å²) in [6.07, 6.45) is 2.40. The van der Waals surface area contributed by atoms with Crippen molar-refractivity contribution < 1.29 is 0 Å². The highest BCUT2D eigenvalue weighted by molar-refractivity contribution is 5.33. The molecule has 4 nitrogen and oxygen atoms in total. The fourth-order valence-corrected chi connectivity index (χ4v) is 0.969. The number of aromatic nitrogens is 3. The van der Waals surface area contributed by atoms with Crippen LogP contribution in [-0.4, -0.2) is 15.0 Å². The van der Waals surface area contributed by atoms with Crippen molar-refractivity contribution in [2.45, 2.75) is 25.8 Å². The van der Waals surface area contributed by atoms with Crippen LogP contribution in [0.25, 0.3) is 0 Å². The lowest BCUT2D eigenvalue weighted by Gasteiger charge is -1.96. The number of rotatable bonds is 1. The van der Waals surface area contributed by atoms with Crippen LogP contribution < -0.4 is 5.73 Å². The molecule has 10 heavy (non-hydrogen) atoms. The number of hydrogen-bond acceptors (Lipinski definition) is 3. The first-order chi connectivity index (χ1) is 4.79. The standard InChI is InChI=1S/C6H10N4/c1-4-6(7)10(9-8-4)5-2-3-5/h5H,2-3,7H2,1H3. The fraction of sp³-hybridized carbons (Fsp3) is 0.667. The van der Waals surface area contributed by atoms with E-state index >= 15 is 0 Å². The Hall–Kier alpha value is -1.06. The third-order valence-corrected chi connectivity index (χ3v) is 1.80. The van der Waals surface area contributed by atoms with Gasteiger partial charge in [-0.3, -0.25) is 0 Å². The molecule has 2 N–H and O–H groups in total. The van der Waals surface area contributed by atoms with E-state index in [-0.39, 0.29) is 0 Å². The second-order valence-corrected chi connectivity index (χ2v) is 2.74. The van der Waals surface area contributed by atoms with Gasteiger partial charge in [0.1, 0.15) is 11.5 Å². The molecule has 0 aliphatic heterocycles. The first kappa shape index (κ1) is 5.70. The van der Waals surface area contributed by atoms with Crippen molar-refractivity contribution in [3.05, 3.63) is 5.69 Å². The summed E-state index contributed by atoms with van der Waals surface area (Å²) in [5.41, 5.74) is 6.52. The highest BCUT2D eigenvalue weighted by atomic mass is 15.5. The van der Waals surface area contributed by atoms with E-state index in [9.17, 15) is 0 Å². The highest BCUT2D eigenvalue weighted by Gasteiger charge is 2.26. The van der Waals surface area contributed by atoms with Crippen molar-refractivity contribution >= 4 is 5.82 Å². The Morgan fingerprint density at radius 3 is 2.70 bits per heavy atom. The molecular formula is C6H10N4. The molecule has 1 heterocycles. The van der Waals surface area contributed by atoms with E-state index in [0.717, 1.165) is 11.5 Å². The molecule has 1 aromatic rings. The predicted molar refractivity (Wildman–Crippen MR) is 37.4 cm³/mol. The summed E-state index contributed by atoms with van der Waals surface area (Å²) in [6, 6.07) is 0.543. The average molecular weight is 138 g/mol. The Balaban J connectivity index is 2.40. The minimum atomic E-state index is 0.543. The first-order valence-corrected chi connectivity index (χ1v) is 3.46. The lowest BCUT2D eigenvalue weighted by atomic mass is 10.5. The molecule has 0 bridgehead atoms. The Bertz CT molecular complexity index is 248. The highest BCUT2D eigenvalue weighted by Crippen LogP contribution is 2.35. The van der Waals surface area contributed by atoms with Gasteiger partial charge in [0, 0.05) is 0 Å². The van der Waals surface area contributed by atoms with Crippen LogP contribution in [0.3, 0.4) is 0 Å². The Labute approximate surface area is 59.0 Å². The summed E-state index contributed by atoms with van der Waals surface area (Å²) >= 11 is 0. The Morgan fingerprint density at radius 1 is 1.60 bits per heavy atom. The van der Waals surface area contributed by atoms with Crippen LogP contribution in [0.1, 0.15) is 24.6 Å². The van der Waals surface area contributed by atoms with E-state index in [0.29, 0.717) is 6.04 Å². The Morgan fingerprint density at radius 2 is 2.30 bits per heavy atom. The molecule has 0 unspecified atom stereocenters. The smallest absolute Gasteiger partial charge is 0.145 e. The van der Waals surface area contributed by atoms with Crippen LogP contribution in [-0.2, 0) is 0 Å². The van der Waals surface area contributed by atoms with Gasteiger partial charge in [-0.15, -0.1) is 5.10 Å². The van der Waals surface area contributed by atoms with E-state index in [2.05, 4.69) is 10.3 Å². The van der Waals surface area contributed by atoms with Gasteiger partial charge in [0.25, 0.3) is 0 Å². The topological polar surface area (TPSA) is 56.7 Å². The molecular weight excluding hydrogens is 128 g/mol. The number of aryl methyl sites for hydroxylation is 1. The van der Waals surface area contributed by atoms with Gasteiger partial charge in [0.05, 0.1) is 6.04 Å². The third-order valence-electron chi connectivity index (χ3n) is 1.80. The number of nitrogen functional groups attached to an aromatic ring is 1. The van der Waals surface area contributed by atoms with E-state index in [1.807, 2.05) is 11.6 Å². The number of nitrogens with two attached hydrogens (primary N) is 1. The summed E-state index contributed by atoms with van der Waals surface area (Å²) < 4.78 is 1.81. The molecule has 2 rings (SSSR count). The van der Waals surface area contributed by atoms with E-state index in [4.69, 9.17) is 5.73 Å². The normalized spacial score (nSPS) is 17.7. The molecule has 1 aliphatic rings. The molecule has 0 saturated heterocycles. The summed E-state index contributed by atoms with van der Waals surface area (Å²) in [6.45, 7) is 1.88. The molecule has 0 aromatic carbocycles. The molecule has 0 radical (unpaired) electrons. The maximum Gasteiger partial charge on any atom is 0.145 e. The largest absolute Gasteiger partial charge is 0.382 e. The van der Waals surface area contributed by atoms with Crippen LogP contribution in [0.2, 0.25) is 0 Å². The van der Waals surface area contributed by atoms with Crippen molar-refractivity contribution in [1.82, 2.24) is 15.0 Å². The zero-order valence-electron chi connectivity index (χ0n) is 5.91. The molecule has 54 valence electrons. The SMILES string of the molecule is Cc1nnn(C2CC2)c1N. The van der Waals surface area contributed by atoms with Gasteiger partial charge in [0.15, 0.2) is 0 Å². The maximum atomic E-state index is 5.68. The molecule has 1 fully saturated rings. The lowest BCUT2D eigenvalue weighted by molar-refractivity contribution is 0.618. The molecule has 0 amide bonds. The van der Waals surface area contributed by atoms with E-state index in [1.165, 1.54) is 12.8 Å².